The highest BCUT2D eigenvalue weighted by atomic mass is 35.5. The van der Waals surface area contributed by atoms with Gasteiger partial charge in [0.05, 0.1) is 47.5 Å². The number of hydrogen-bond acceptors (Lipinski definition) is 8. The molecule has 2 atom stereocenters. The summed E-state index contributed by atoms with van der Waals surface area (Å²) >= 11 is 6.42. The lowest BCUT2D eigenvalue weighted by atomic mass is 9.94. The molecule has 2 aromatic carbocycles. The van der Waals surface area contributed by atoms with Gasteiger partial charge in [-0.15, -0.1) is 5.10 Å². The van der Waals surface area contributed by atoms with E-state index in [1.807, 2.05) is 32.2 Å². The highest BCUT2D eigenvalue weighted by Crippen LogP contribution is 2.34. The van der Waals surface area contributed by atoms with Gasteiger partial charge in [-0.25, -0.2) is 19.6 Å². The minimum atomic E-state index is -0.303. The third-order valence-electron chi connectivity index (χ3n) is 8.25. The van der Waals surface area contributed by atoms with Crippen LogP contribution in [0.25, 0.3) is 39.7 Å². The molecule has 1 amide bonds. The van der Waals surface area contributed by atoms with E-state index < -0.39 is 0 Å². The van der Waals surface area contributed by atoms with Gasteiger partial charge >= 0.3 is 0 Å². The quantitative estimate of drug-likeness (QED) is 0.274. The van der Waals surface area contributed by atoms with Gasteiger partial charge in [0.25, 0.3) is 5.56 Å². The first-order chi connectivity index (χ1) is 22.4. The Morgan fingerprint density at radius 3 is 2.63 bits per heavy atom. The van der Waals surface area contributed by atoms with Crippen LogP contribution in [0.3, 0.4) is 0 Å². The van der Waals surface area contributed by atoms with E-state index in [9.17, 15) is 9.59 Å². The van der Waals surface area contributed by atoms with E-state index in [1.54, 1.807) is 69.3 Å². The average Bonchev–Trinajstić information content (AvgIpc) is 3.70. The Bertz CT molecular complexity index is 2120. The zero-order chi connectivity index (χ0) is 31.8. The smallest absolute Gasteiger partial charge is 0.254 e. The van der Waals surface area contributed by atoms with Crippen LogP contribution in [-0.2, 0) is 11.8 Å². The van der Waals surface area contributed by atoms with Gasteiger partial charge in [-0.3, -0.25) is 18.8 Å². The second-order valence-electron chi connectivity index (χ2n) is 11.3. The van der Waals surface area contributed by atoms with E-state index in [-0.39, 0.29) is 23.4 Å². The summed E-state index contributed by atoms with van der Waals surface area (Å²) in [5.74, 6) is 0.176. The Hall–Kier alpha value is -5.49. The molecule has 0 unspecified atom stereocenters. The van der Waals surface area contributed by atoms with Gasteiger partial charge in [0, 0.05) is 47.6 Å². The Balaban J connectivity index is 1.28. The summed E-state index contributed by atoms with van der Waals surface area (Å²) in [6.07, 6.45) is 10.3. The van der Waals surface area contributed by atoms with Gasteiger partial charge in [-0.05, 0) is 48.7 Å². The molecule has 12 nitrogen and oxygen atoms in total. The van der Waals surface area contributed by atoms with Crippen LogP contribution < -0.4 is 10.9 Å². The molecule has 230 valence electrons. The minimum Gasteiger partial charge on any atom is -0.323 e. The molecule has 0 spiro atoms. The summed E-state index contributed by atoms with van der Waals surface area (Å²) in [6, 6.07) is 16.3. The normalized spacial score (nSPS) is 16.6. The summed E-state index contributed by atoms with van der Waals surface area (Å²) in [5, 5.41) is 16.4. The molecule has 1 aliphatic rings. The van der Waals surface area contributed by atoms with Gasteiger partial charge in [-0.1, -0.05) is 48.4 Å². The SMILES string of the molecule is C[C@@H]1CCC[C@H](n2cnc(-c3cc(Cl)ccc3-n3cc(-c4ncccn4)nn3)cc2=O)c2cccc(c2)-c2c(cnn2C)NC1=O. The van der Waals surface area contributed by atoms with E-state index >= 15 is 0 Å². The van der Waals surface area contributed by atoms with Gasteiger partial charge in [0.1, 0.15) is 0 Å². The average molecular weight is 633 g/mol. The molecule has 1 N–H and O–H groups in total. The molecule has 0 radical (unpaired) electrons. The van der Waals surface area contributed by atoms with Crippen LogP contribution in [0, 0.1) is 5.92 Å². The highest BCUT2D eigenvalue weighted by molar-refractivity contribution is 6.31. The maximum Gasteiger partial charge on any atom is 0.254 e. The molecule has 1 aliphatic heterocycles. The van der Waals surface area contributed by atoms with Crippen molar-refractivity contribution in [2.24, 2.45) is 13.0 Å². The fourth-order valence-corrected chi connectivity index (χ4v) is 6.03. The summed E-state index contributed by atoms with van der Waals surface area (Å²) in [6.45, 7) is 1.92. The molecule has 7 rings (SSSR count). The van der Waals surface area contributed by atoms with Gasteiger partial charge in [0.15, 0.2) is 11.5 Å². The van der Waals surface area contributed by atoms with E-state index in [4.69, 9.17) is 16.6 Å². The van der Waals surface area contributed by atoms with Crippen LogP contribution in [0.4, 0.5) is 5.69 Å². The van der Waals surface area contributed by atoms with Crippen LogP contribution in [0.2, 0.25) is 5.02 Å². The Labute approximate surface area is 268 Å². The number of anilines is 1. The Kier molecular flexibility index (Phi) is 7.71. The minimum absolute atomic E-state index is 0.0566. The maximum absolute atomic E-state index is 13.9. The summed E-state index contributed by atoms with van der Waals surface area (Å²) < 4.78 is 5.00. The third kappa shape index (κ3) is 5.58. The largest absolute Gasteiger partial charge is 0.323 e. The molecule has 0 saturated heterocycles. The number of nitrogens with zero attached hydrogens (tertiary/aromatic N) is 9. The number of rotatable bonds is 4. The van der Waals surface area contributed by atoms with Crippen molar-refractivity contribution in [2.45, 2.75) is 32.2 Å². The lowest BCUT2D eigenvalue weighted by molar-refractivity contribution is -0.119. The Morgan fingerprint density at radius 1 is 0.957 bits per heavy atom. The zero-order valence-corrected chi connectivity index (χ0v) is 25.8. The molecule has 4 aromatic heterocycles. The van der Waals surface area contributed by atoms with E-state index in [0.717, 1.165) is 23.2 Å². The third-order valence-corrected chi connectivity index (χ3v) is 8.48. The van der Waals surface area contributed by atoms with Crippen LogP contribution >= 0.6 is 11.6 Å². The van der Waals surface area contributed by atoms with Crippen molar-refractivity contribution in [3.63, 3.8) is 0 Å². The lowest BCUT2D eigenvalue weighted by Gasteiger charge is -2.23. The molecule has 46 heavy (non-hydrogen) atoms. The number of aromatic nitrogens is 9. The number of carbonyl (C=O) groups is 1. The summed E-state index contributed by atoms with van der Waals surface area (Å²) in [5.41, 5.74) is 5.28. The fourth-order valence-electron chi connectivity index (χ4n) is 5.86. The van der Waals surface area contributed by atoms with Crippen molar-refractivity contribution in [3.05, 3.63) is 107 Å². The molecule has 0 saturated carbocycles. The number of halogens is 1. The molecule has 2 bridgehead atoms. The predicted octanol–water partition coefficient (Wildman–Crippen LogP) is 5.35. The van der Waals surface area contributed by atoms with Gasteiger partial charge in [-0.2, -0.15) is 5.10 Å². The summed E-state index contributed by atoms with van der Waals surface area (Å²) in [7, 11) is 1.84. The number of fused-ring (bicyclic) bond motifs is 4. The number of carbonyl (C=O) groups excluding carboxylic acids is 1. The lowest BCUT2D eigenvalue weighted by Crippen LogP contribution is -2.26. The molecule has 0 fully saturated rings. The van der Waals surface area contributed by atoms with Gasteiger partial charge in [0.2, 0.25) is 5.91 Å². The number of hydrogen-bond donors (Lipinski definition) is 1. The van der Waals surface area contributed by atoms with Crippen molar-refractivity contribution >= 4 is 23.2 Å². The number of amides is 1. The number of benzene rings is 2. The first-order valence-electron chi connectivity index (χ1n) is 14.9. The standard InChI is InChI=1S/C33H29ClN10O2/c1-20-6-3-9-28(21-7-4-8-22(14-21)31-26(39-33(20)46)17-38-42(31)2)43-19-37-25(16-30(43)45)24-15-23(34)10-11-29(24)44-18-27(40-41-44)32-35-12-5-13-36-32/h4-5,7-8,10-20,28H,3,6,9H2,1-2H3,(H,39,46)/t20-,28+/m1/s1. The van der Waals surface area contributed by atoms with Crippen molar-refractivity contribution < 1.29 is 4.79 Å². The van der Waals surface area contributed by atoms with Crippen LogP contribution in [0.15, 0.2) is 90.5 Å². The molecule has 5 heterocycles. The van der Waals surface area contributed by atoms with Crippen LogP contribution in [0.1, 0.15) is 37.8 Å². The molecule has 0 aliphatic carbocycles. The van der Waals surface area contributed by atoms with Crippen LogP contribution in [0.5, 0.6) is 0 Å². The van der Waals surface area contributed by atoms with E-state index in [0.29, 0.717) is 52.0 Å². The Morgan fingerprint density at radius 2 is 1.80 bits per heavy atom. The first kappa shape index (κ1) is 29.2. The summed E-state index contributed by atoms with van der Waals surface area (Å²) in [4.78, 5) is 40.1. The first-order valence-corrected chi connectivity index (χ1v) is 15.2. The van der Waals surface area contributed by atoms with Crippen LogP contribution in [-0.4, -0.2) is 50.2 Å². The second kappa shape index (κ2) is 12.1. The fraction of sp³-hybridized carbons (Fsp3) is 0.212. The van der Waals surface area contributed by atoms with Crippen molar-refractivity contribution in [2.75, 3.05) is 5.32 Å². The highest BCUT2D eigenvalue weighted by Gasteiger charge is 2.23. The zero-order valence-electron chi connectivity index (χ0n) is 25.1. The van der Waals surface area contributed by atoms with E-state index in [1.165, 1.54) is 6.07 Å². The number of nitrogens with one attached hydrogen (secondary N) is 1. The molecule has 6 aromatic rings. The second-order valence-corrected chi connectivity index (χ2v) is 11.7. The molecular weight excluding hydrogens is 604 g/mol. The van der Waals surface area contributed by atoms with Crippen molar-refractivity contribution in [3.8, 4) is 39.7 Å². The molecular formula is C33H29ClN10O2. The topological polar surface area (TPSA) is 138 Å². The number of aryl methyl sites for hydroxylation is 1. The van der Waals surface area contributed by atoms with E-state index in [2.05, 4.69) is 36.8 Å². The van der Waals surface area contributed by atoms with Gasteiger partial charge < -0.3 is 5.32 Å². The monoisotopic (exact) mass is 632 g/mol. The molecule has 13 heteroatoms. The van der Waals surface area contributed by atoms with Crippen molar-refractivity contribution in [1.82, 2.24) is 44.3 Å². The maximum atomic E-state index is 13.9. The predicted molar refractivity (Wildman–Crippen MR) is 173 cm³/mol. The van der Waals surface area contributed by atoms with Crippen molar-refractivity contribution in [1.29, 1.82) is 0 Å².